The van der Waals surface area contributed by atoms with E-state index in [1.165, 1.54) is 12.1 Å². The minimum absolute atomic E-state index is 0.0738. The molecule has 20 heavy (non-hydrogen) atoms. The Morgan fingerprint density at radius 3 is 2.65 bits per heavy atom. The first-order valence-corrected chi connectivity index (χ1v) is 7.03. The first kappa shape index (κ1) is 14.9. The third-order valence-electron chi connectivity index (χ3n) is 3.42. The fraction of sp³-hybridized carbons (Fsp3) is 0.429. The molecule has 1 amide bonds. The average Bonchev–Trinajstić information content (AvgIpc) is 2.41. The lowest BCUT2D eigenvalue weighted by Crippen LogP contribution is -2.46. The van der Waals surface area contributed by atoms with Crippen molar-refractivity contribution in [1.82, 2.24) is 10.2 Å². The molecule has 1 aromatic rings. The van der Waals surface area contributed by atoms with Crippen LogP contribution in [0.15, 0.2) is 24.3 Å². The number of hydrogen-bond acceptors (Lipinski definition) is 3. The van der Waals surface area contributed by atoms with Gasteiger partial charge in [0.1, 0.15) is 5.82 Å². The summed E-state index contributed by atoms with van der Waals surface area (Å²) in [6.07, 6.45) is 1.64. The van der Waals surface area contributed by atoms with Crippen molar-refractivity contribution in [2.75, 3.05) is 19.6 Å². The third kappa shape index (κ3) is 3.98. The predicted molar refractivity (Wildman–Crippen MR) is 80.1 cm³/mol. The van der Waals surface area contributed by atoms with E-state index in [9.17, 15) is 9.18 Å². The van der Waals surface area contributed by atoms with E-state index in [-0.39, 0.29) is 17.5 Å². The second kappa shape index (κ2) is 6.76. The van der Waals surface area contributed by atoms with Gasteiger partial charge < -0.3 is 11.1 Å². The lowest BCUT2D eigenvalue weighted by atomic mass is 10.0. The van der Waals surface area contributed by atoms with Gasteiger partial charge in [0, 0.05) is 25.7 Å². The number of nitrogens with one attached hydrogen (secondary N) is 1. The number of thiocarbonyl (C=S) groups is 1. The van der Waals surface area contributed by atoms with Crippen molar-refractivity contribution in [3.63, 3.8) is 0 Å². The highest BCUT2D eigenvalue weighted by Crippen LogP contribution is 2.12. The van der Waals surface area contributed by atoms with E-state index in [4.69, 9.17) is 18.0 Å². The van der Waals surface area contributed by atoms with Crippen LogP contribution in [0.25, 0.3) is 0 Å². The van der Waals surface area contributed by atoms with Gasteiger partial charge in [-0.1, -0.05) is 24.4 Å². The minimum Gasteiger partial charge on any atom is -0.392 e. The molecule has 2 rings (SSSR count). The summed E-state index contributed by atoms with van der Waals surface area (Å²) in [5.41, 5.74) is 5.61. The number of nitrogens with two attached hydrogens (primary N) is 1. The summed E-state index contributed by atoms with van der Waals surface area (Å²) < 4.78 is 13.5. The molecule has 1 saturated heterocycles. The summed E-state index contributed by atoms with van der Waals surface area (Å²) in [5.74, 6) is -0.841. The number of amides is 1. The van der Waals surface area contributed by atoms with Crippen LogP contribution in [0.3, 0.4) is 0 Å². The van der Waals surface area contributed by atoms with Crippen LogP contribution in [-0.2, 0) is 0 Å². The van der Waals surface area contributed by atoms with Gasteiger partial charge in [0.15, 0.2) is 0 Å². The molecular formula is C14H18FN3OS. The van der Waals surface area contributed by atoms with E-state index >= 15 is 0 Å². The van der Waals surface area contributed by atoms with Gasteiger partial charge in [0.25, 0.3) is 5.91 Å². The summed E-state index contributed by atoms with van der Waals surface area (Å²) in [4.78, 5) is 14.6. The first-order valence-electron chi connectivity index (χ1n) is 6.62. The molecule has 0 aliphatic carbocycles. The van der Waals surface area contributed by atoms with Crippen LogP contribution in [0.4, 0.5) is 4.39 Å². The monoisotopic (exact) mass is 295 g/mol. The largest absolute Gasteiger partial charge is 0.392 e. The van der Waals surface area contributed by atoms with Crippen molar-refractivity contribution in [3.05, 3.63) is 35.6 Å². The fourth-order valence-electron chi connectivity index (χ4n) is 2.36. The van der Waals surface area contributed by atoms with Gasteiger partial charge in [-0.3, -0.25) is 9.69 Å². The summed E-state index contributed by atoms with van der Waals surface area (Å²) >= 11 is 4.88. The maximum atomic E-state index is 13.5. The predicted octanol–water partition coefficient (Wildman–Crippen LogP) is 1.31. The molecule has 0 bridgehead atoms. The molecule has 1 heterocycles. The van der Waals surface area contributed by atoms with Gasteiger partial charge in [-0.2, -0.15) is 0 Å². The normalized spacial score (nSPS) is 16.9. The van der Waals surface area contributed by atoms with Crippen molar-refractivity contribution in [1.29, 1.82) is 0 Å². The van der Waals surface area contributed by atoms with Crippen molar-refractivity contribution >= 4 is 23.1 Å². The highest BCUT2D eigenvalue weighted by Gasteiger charge is 2.22. The summed E-state index contributed by atoms with van der Waals surface area (Å²) in [6.45, 7) is 2.28. The molecule has 1 aromatic carbocycles. The molecule has 6 heteroatoms. The molecule has 3 N–H and O–H groups in total. The summed E-state index contributed by atoms with van der Waals surface area (Å²) in [5, 5.41) is 2.88. The zero-order valence-corrected chi connectivity index (χ0v) is 12.0. The molecular weight excluding hydrogens is 277 g/mol. The Morgan fingerprint density at radius 1 is 1.40 bits per heavy atom. The molecule has 0 radical (unpaired) electrons. The fourth-order valence-corrected chi connectivity index (χ4v) is 2.55. The summed E-state index contributed by atoms with van der Waals surface area (Å²) in [7, 11) is 0. The number of nitrogens with zero attached hydrogens (tertiary/aromatic N) is 1. The zero-order valence-electron chi connectivity index (χ0n) is 11.1. The van der Waals surface area contributed by atoms with Crippen LogP contribution in [0.5, 0.6) is 0 Å². The number of carbonyl (C=O) groups excluding carboxylic acids is 1. The Labute approximate surface area is 123 Å². The first-order chi connectivity index (χ1) is 9.56. The van der Waals surface area contributed by atoms with Crippen molar-refractivity contribution in [3.8, 4) is 0 Å². The van der Waals surface area contributed by atoms with Gasteiger partial charge in [-0.05, 0) is 25.0 Å². The Morgan fingerprint density at radius 2 is 2.05 bits per heavy atom. The van der Waals surface area contributed by atoms with E-state index < -0.39 is 5.82 Å². The standard InChI is InChI=1S/C14H18FN3OS/c15-12-4-2-1-3-11(12)14(19)17-10-5-7-18(8-6-10)9-13(16)20/h1-4,10H,5-9H2,(H2,16,20)(H,17,19). The number of benzene rings is 1. The molecule has 0 spiro atoms. The van der Waals surface area contributed by atoms with E-state index in [0.717, 1.165) is 25.9 Å². The lowest BCUT2D eigenvalue weighted by molar-refractivity contribution is 0.0911. The third-order valence-corrected chi connectivity index (χ3v) is 3.55. The SMILES string of the molecule is NC(=S)CN1CCC(NC(=O)c2ccccc2F)CC1. The van der Waals surface area contributed by atoms with E-state index in [1.54, 1.807) is 12.1 Å². The number of hydrogen-bond donors (Lipinski definition) is 2. The smallest absolute Gasteiger partial charge is 0.254 e. The quantitative estimate of drug-likeness (QED) is 0.822. The Bertz CT molecular complexity index is 501. The van der Waals surface area contributed by atoms with Gasteiger partial charge in [0.2, 0.25) is 0 Å². The number of likely N-dealkylation sites (tertiary alicyclic amines) is 1. The number of halogens is 1. The van der Waals surface area contributed by atoms with Gasteiger partial charge in [-0.25, -0.2) is 4.39 Å². The number of carbonyl (C=O) groups is 1. The molecule has 1 aliphatic heterocycles. The van der Waals surface area contributed by atoms with Crippen molar-refractivity contribution in [2.45, 2.75) is 18.9 Å². The van der Waals surface area contributed by atoms with Gasteiger partial charge >= 0.3 is 0 Å². The molecule has 1 fully saturated rings. The molecule has 0 atom stereocenters. The van der Waals surface area contributed by atoms with Crippen LogP contribution < -0.4 is 11.1 Å². The number of rotatable bonds is 4. The molecule has 0 aromatic heterocycles. The topological polar surface area (TPSA) is 58.4 Å². The Kier molecular flexibility index (Phi) is 5.03. The van der Waals surface area contributed by atoms with Gasteiger partial charge in [0.05, 0.1) is 10.6 Å². The molecule has 1 aliphatic rings. The number of piperidine rings is 1. The van der Waals surface area contributed by atoms with Crippen LogP contribution in [0, 0.1) is 5.82 Å². The van der Waals surface area contributed by atoms with E-state index in [1.807, 2.05) is 0 Å². The van der Waals surface area contributed by atoms with Crippen LogP contribution in [-0.4, -0.2) is 41.5 Å². The molecule has 108 valence electrons. The molecule has 0 unspecified atom stereocenters. The maximum Gasteiger partial charge on any atom is 0.254 e. The minimum atomic E-state index is -0.490. The highest BCUT2D eigenvalue weighted by molar-refractivity contribution is 7.80. The van der Waals surface area contributed by atoms with Crippen molar-refractivity contribution in [2.24, 2.45) is 5.73 Å². The highest BCUT2D eigenvalue weighted by atomic mass is 32.1. The summed E-state index contributed by atoms with van der Waals surface area (Å²) in [6, 6.07) is 6.08. The molecule has 0 saturated carbocycles. The average molecular weight is 295 g/mol. The Hall–Kier alpha value is -1.53. The maximum absolute atomic E-state index is 13.5. The zero-order chi connectivity index (χ0) is 14.5. The second-order valence-corrected chi connectivity index (χ2v) is 5.49. The van der Waals surface area contributed by atoms with Crippen molar-refractivity contribution < 1.29 is 9.18 Å². The van der Waals surface area contributed by atoms with Gasteiger partial charge in [-0.15, -0.1) is 0 Å². The molecule has 4 nitrogen and oxygen atoms in total. The van der Waals surface area contributed by atoms with Crippen LogP contribution >= 0.6 is 12.2 Å². The van der Waals surface area contributed by atoms with Crippen LogP contribution in [0.1, 0.15) is 23.2 Å². The van der Waals surface area contributed by atoms with Crippen LogP contribution in [0.2, 0.25) is 0 Å². The lowest BCUT2D eigenvalue weighted by Gasteiger charge is -2.31. The van der Waals surface area contributed by atoms with E-state index in [0.29, 0.717) is 11.5 Å². The Balaban J connectivity index is 1.85. The van der Waals surface area contributed by atoms with E-state index in [2.05, 4.69) is 10.2 Å². The second-order valence-electron chi connectivity index (χ2n) is 4.97.